The van der Waals surface area contributed by atoms with Crippen molar-refractivity contribution in [3.63, 3.8) is 0 Å². The number of anilines is 1. The number of amides is 1. The summed E-state index contributed by atoms with van der Waals surface area (Å²) in [5.41, 5.74) is 3.61. The van der Waals surface area contributed by atoms with Crippen molar-refractivity contribution >= 4 is 44.1 Å². The number of carbonyl (C=O) groups excluding carboxylic acids is 2. The zero-order valence-corrected chi connectivity index (χ0v) is 22.4. The van der Waals surface area contributed by atoms with Crippen LogP contribution in [0.4, 0.5) is 5.13 Å². The van der Waals surface area contributed by atoms with Crippen LogP contribution in [0.1, 0.15) is 28.3 Å². The number of aliphatic hydroxyl groups excluding tert-OH is 1. The van der Waals surface area contributed by atoms with Gasteiger partial charge in [-0.3, -0.25) is 14.5 Å². The predicted molar refractivity (Wildman–Crippen MR) is 146 cm³/mol. The number of aromatic nitrogens is 1. The molecule has 0 aliphatic carbocycles. The van der Waals surface area contributed by atoms with Gasteiger partial charge in [-0.25, -0.2) is 4.98 Å². The highest BCUT2D eigenvalue weighted by atomic mass is 32.1. The van der Waals surface area contributed by atoms with Gasteiger partial charge in [0.15, 0.2) is 16.6 Å². The highest BCUT2D eigenvalue weighted by Gasteiger charge is 2.48. The van der Waals surface area contributed by atoms with Crippen LogP contribution in [0.2, 0.25) is 0 Å². The molecule has 1 aliphatic rings. The Labute approximate surface area is 223 Å². The third-order valence-corrected chi connectivity index (χ3v) is 7.53. The molecule has 1 amide bonds. The summed E-state index contributed by atoms with van der Waals surface area (Å²) >= 11 is 1.30. The first kappa shape index (κ1) is 25.3. The summed E-state index contributed by atoms with van der Waals surface area (Å²) in [4.78, 5) is 33.1. The van der Waals surface area contributed by atoms with E-state index in [1.165, 1.54) is 37.6 Å². The van der Waals surface area contributed by atoms with E-state index in [1.54, 1.807) is 24.3 Å². The Morgan fingerprint density at radius 2 is 1.53 bits per heavy atom. The molecule has 2 heterocycles. The van der Waals surface area contributed by atoms with E-state index >= 15 is 0 Å². The lowest BCUT2D eigenvalue weighted by molar-refractivity contribution is -0.132. The van der Waals surface area contributed by atoms with Crippen molar-refractivity contribution in [2.45, 2.75) is 19.9 Å². The molecule has 3 aromatic carbocycles. The standard InChI is InChI=1S/C29H26N2O6S/c1-15-6-9-17(10-7-15)25(32)23-24(18-13-20(35-3)27(37-5)21(14-18)36-4)31(28(34)26(23)33)29-30-19-11-8-16(2)12-22(19)38-29/h6-14,24,32H,1-5H3/b25-23+/t24-/m0/s1. The average molecular weight is 531 g/mol. The Bertz CT molecular complexity index is 1580. The minimum Gasteiger partial charge on any atom is -0.507 e. The van der Waals surface area contributed by atoms with E-state index in [4.69, 9.17) is 14.2 Å². The number of ketones is 1. The lowest BCUT2D eigenvalue weighted by Gasteiger charge is -2.24. The van der Waals surface area contributed by atoms with Gasteiger partial charge < -0.3 is 19.3 Å². The third kappa shape index (κ3) is 4.14. The molecule has 1 N–H and O–H groups in total. The number of nitrogens with zero attached hydrogens (tertiary/aromatic N) is 2. The van der Waals surface area contributed by atoms with E-state index in [0.717, 1.165) is 15.8 Å². The molecule has 9 heteroatoms. The summed E-state index contributed by atoms with van der Waals surface area (Å²) in [6.45, 7) is 3.90. The van der Waals surface area contributed by atoms with E-state index in [9.17, 15) is 14.7 Å². The molecule has 194 valence electrons. The van der Waals surface area contributed by atoms with Gasteiger partial charge in [-0.2, -0.15) is 0 Å². The monoisotopic (exact) mass is 530 g/mol. The Morgan fingerprint density at radius 1 is 0.895 bits per heavy atom. The summed E-state index contributed by atoms with van der Waals surface area (Å²) in [6, 6.07) is 15.2. The molecule has 0 spiro atoms. The molecule has 0 saturated carbocycles. The number of rotatable bonds is 6. The number of thiazole rings is 1. The van der Waals surface area contributed by atoms with Crippen LogP contribution in [-0.2, 0) is 9.59 Å². The molecule has 0 radical (unpaired) electrons. The fraction of sp³-hybridized carbons (Fsp3) is 0.207. The van der Waals surface area contributed by atoms with Crippen LogP contribution in [0.3, 0.4) is 0 Å². The van der Waals surface area contributed by atoms with E-state index in [0.29, 0.717) is 39.0 Å². The Morgan fingerprint density at radius 3 is 2.13 bits per heavy atom. The van der Waals surface area contributed by atoms with Gasteiger partial charge in [0.05, 0.1) is 43.2 Å². The van der Waals surface area contributed by atoms with Crippen molar-refractivity contribution in [1.82, 2.24) is 4.98 Å². The van der Waals surface area contributed by atoms with Crippen LogP contribution in [0.5, 0.6) is 17.2 Å². The van der Waals surface area contributed by atoms with Crippen molar-refractivity contribution in [1.29, 1.82) is 0 Å². The number of carbonyl (C=O) groups is 2. The molecule has 1 fully saturated rings. The number of methoxy groups -OCH3 is 3. The highest BCUT2D eigenvalue weighted by Crippen LogP contribution is 2.48. The summed E-state index contributed by atoms with van der Waals surface area (Å²) < 4.78 is 17.4. The zero-order chi connectivity index (χ0) is 27.1. The molecule has 0 unspecified atom stereocenters. The lowest BCUT2D eigenvalue weighted by atomic mass is 9.94. The van der Waals surface area contributed by atoms with Gasteiger partial charge >= 0.3 is 5.91 Å². The first-order chi connectivity index (χ1) is 18.3. The number of hydrogen-bond donors (Lipinski definition) is 1. The van der Waals surface area contributed by atoms with Gasteiger partial charge in [-0.15, -0.1) is 0 Å². The number of benzene rings is 3. The van der Waals surface area contributed by atoms with Crippen LogP contribution < -0.4 is 19.1 Å². The van der Waals surface area contributed by atoms with Crippen molar-refractivity contribution in [2.24, 2.45) is 0 Å². The number of aliphatic hydroxyl groups is 1. The van der Waals surface area contributed by atoms with Crippen LogP contribution >= 0.6 is 11.3 Å². The Balaban J connectivity index is 1.78. The van der Waals surface area contributed by atoms with Crippen molar-refractivity contribution in [3.05, 3.63) is 82.4 Å². The van der Waals surface area contributed by atoms with Gasteiger partial charge in [-0.1, -0.05) is 47.2 Å². The highest BCUT2D eigenvalue weighted by molar-refractivity contribution is 7.22. The van der Waals surface area contributed by atoms with Gasteiger partial charge in [0.1, 0.15) is 5.76 Å². The maximum Gasteiger partial charge on any atom is 0.301 e. The van der Waals surface area contributed by atoms with Gasteiger partial charge in [0.2, 0.25) is 5.75 Å². The van der Waals surface area contributed by atoms with E-state index in [2.05, 4.69) is 4.98 Å². The first-order valence-electron chi connectivity index (χ1n) is 11.8. The normalized spacial score (nSPS) is 16.8. The van der Waals surface area contributed by atoms with Gasteiger partial charge in [0.25, 0.3) is 5.78 Å². The number of Topliss-reactive ketones (excluding diaryl/α,β-unsaturated/α-hetero) is 1. The fourth-order valence-electron chi connectivity index (χ4n) is 4.59. The second-order valence-corrected chi connectivity index (χ2v) is 9.97. The summed E-state index contributed by atoms with van der Waals surface area (Å²) in [5.74, 6) is -0.804. The molecular formula is C29H26N2O6S. The Kier molecular flexibility index (Phi) is 6.54. The molecule has 8 nitrogen and oxygen atoms in total. The minimum absolute atomic E-state index is 0.0523. The van der Waals surface area contributed by atoms with Crippen LogP contribution in [0, 0.1) is 13.8 Å². The van der Waals surface area contributed by atoms with Crippen molar-refractivity contribution in [3.8, 4) is 17.2 Å². The molecule has 1 atom stereocenters. The molecular weight excluding hydrogens is 504 g/mol. The largest absolute Gasteiger partial charge is 0.507 e. The zero-order valence-electron chi connectivity index (χ0n) is 21.6. The van der Waals surface area contributed by atoms with Crippen LogP contribution in [0.15, 0.2) is 60.2 Å². The molecule has 1 aromatic heterocycles. The number of aryl methyl sites for hydroxylation is 2. The van der Waals surface area contributed by atoms with Crippen LogP contribution in [0.25, 0.3) is 16.0 Å². The van der Waals surface area contributed by atoms with E-state index < -0.39 is 17.7 Å². The summed E-state index contributed by atoms with van der Waals surface area (Å²) in [6.07, 6.45) is 0. The topological polar surface area (TPSA) is 98.2 Å². The molecule has 1 saturated heterocycles. The second kappa shape index (κ2) is 9.83. The quantitative estimate of drug-likeness (QED) is 0.198. The van der Waals surface area contributed by atoms with Gasteiger partial charge in [-0.05, 0) is 49.2 Å². The fourth-order valence-corrected chi connectivity index (χ4v) is 5.68. The molecule has 5 rings (SSSR count). The molecule has 1 aliphatic heterocycles. The Hall–Kier alpha value is -4.37. The van der Waals surface area contributed by atoms with E-state index in [1.807, 2.05) is 44.2 Å². The first-order valence-corrected chi connectivity index (χ1v) is 12.6. The second-order valence-electron chi connectivity index (χ2n) is 8.96. The predicted octanol–water partition coefficient (Wildman–Crippen LogP) is 5.57. The summed E-state index contributed by atoms with van der Waals surface area (Å²) in [5, 5.41) is 11.7. The minimum atomic E-state index is -0.994. The van der Waals surface area contributed by atoms with Gasteiger partial charge in [0, 0.05) is 5.56 Å². The summed E-state index contributed by atoms with van der Waals surface area (Å²) in [7, 11) is 4.47. The number of fused-ring (bicyclic) bond motifs is 1. The molecule has 0 bridgehead atoms. The maximum absolute atomic E-state index is 13.6. The average Bonchev–Trinajstić information content (AvgIpc) is 3.45. The van der Waals surface area contributed by atoms with Crippen LogP contribution in [-0.4, -0.2) is 43.1 Å². The molecule has 4 aromatic rings. The van der Waals surface area contributed by atoms with Crippen molar-refractivity contribution in [2.75, 3.05) is 26.2 Å². The van der Waals surface area contributed by atoms with Crippen molar-refractivity contribution < 1.29 is 28.9 Å². The maximum atomic E-state index is 13.6. The lowest BCUT2D eigenvalue weighted by Crippen LogP contribution is -2.29. The number of hydrogen-bond acceptors (Lipinski definition) is 8. The van der Waals surface area contributed by atoms with E-state index in [-0.39, 0.29) is 11.3 Å². The number of ether oxygens (including phenoxy) is 3. The smallest absolute Gasteiger partial charge is 0.301 e. The third-order valence-electron chi connectivity index (χ3n) is 6.51. The SMILES string of the molecule is COc1cc([C@H]2/C(=C(\O)c3ccc(C)cc3)C(=O)C(=O)N2c2nc3ccc(C)cc3s2)cc(OC)c1OC. The molecule has 38 heavy (non-hydrogen) atoms.